The minimum absolute atomic E-state index is 0.0594. The highest BCUT2D eigenvalue weighted by molar-refractivity contribution is 6.42. The summed E-state index contributed by atoms with van der Waals surface area (Å²) in [6.45, 7) is 3.80. The number of hydrogen-bond donors (Lipinski definition) is 2. The molecule has 0 saturated carbocycles. The fourth-order valence-electron chi connectivity index (χ4n) is 2.51. The number of nitrogens with zero attached hydrogens (tertiary/aromatic N) is 1. The lowest BCUT2D eigenvalue weighted by Crippen LogP contribution is -2.46. The third kappa shape index (κ3) is 4.33. The molecule has 0 spiro atoms. The molecule has 1 heterocycles. The van der Waals surface area contributed by atoms with E-state index in [1.54, 1.807) is 18.2 Å². The third-order valence-electron chi connectivity index (χ3n) is 4.02. The predicted molar refractivity (Wildman–Crippen MR) is 85.9 cm³/mol. The van der Waals surface area contributed by atoms with Crippen LogP contribution in [0.1, 0.15) is 19.8 Å². The molecule has 1 amide bonds. The Hall–Kier alpha value is -0.810. The number of carbonyl (C=O) groups excluding carboxylic acids is 1. The fraction of sp³-hybridized carbons (Fsp3) is 0.533. The molecule has 0 aliphatic carbocycles. The predicted octanol–water partition coefficient (Wildman–Crippen LogP) is 3.02. The van der Waals surface area contributed by atoms with Crippen LogP contribution < -0.4 is 5.32 Å². The molecule has 1 saturated heterocycles. The number of amides is 1. The Bertz CT molecular complexity index is 502. The number of anilines is 1. The Morgan fingerprint density at radius 3 is 2.62 bits per heavy atom. The Labute approximate surface area is 135 Å². The minimum atomic E-state index is -0.209. The summed E-state index contributed by atoms with van der Waals surface area (Å²) in [7, 11) is 0. The smallest absolute Gasteiger partial charge is 0.241 e. The van der Waals surface area contributed by atoms with Crippen molar-refractivity contribution in [3.8, 4) is 0 Å². The van der Waals surface area contributed by atoms with E-state index in [4.69, 9.17) is 28.3 Å². The van der Waals surface area contributed by atoms with Gasteiger partial charge in [-0.3, -0.25) is 9.69 Å². The van der Waals surface area contributed by atoms with Crippen molar-refractivity contribution in [2.24, 2.45) is 5.92 Å². The van der Waals surface area contributed by atoms with Gasteiger partial charge in [0.25, 0.3) is 0 Å². The Kier molecular flexibility index (Phi) is 5.88. The summed E-state index contributed by atoms with van der Waals surface area (Å²) >= 11 is 11.8. The number of halogens is 2. The summed E-state index contributed by atoms with van der Waals surface area (Å²) in [6, 6.07) is 4.83. The molecule has 0 aromatic heterocycles. The Balaban J connectivity index is 1.92. The number of benzene rings is 1. The van der Waals surface area contributed by atoms with Crippen LogP contribution in [0.5, 0.6) is 0 Å². The van der Waals surface area contributed by atoms with Crippen LogP contribution in [0.15, 0.2) is 18.2 Å². The molecule has 4 nitrogen and oxygen atoms in total. The van der Waals surface area contributed by atoms with Gasteiger partial charge in [-0.15, -0.1) is 0 Å². The van der Waals surface area contributed by atoms with E-state index in [0.717, 1.165) is 25.9 Å². The number of aliphatic hydroxyl groups excluding tert-OH is 1. The van der Waals surface area contributed by atoms with Gasteiger partial charge in [0.1, 0.15) is 0 Å². The summed E-state index contributed by atoms with van der Waals surface area (Å²) in [5.74, 6) is 0.308. The van der Waals surface area contributed by atoms with Crippen molar-refractivity contribution in [1.29, 1.82) is 0 Å². The molecule has 2 N–H and O–H groups in total. The molecule has 1 aromatic carbocycles. The zero-order chi connectivity index (χ0) is 15.4. The molecule has 0 bridgehead atoms. The first-order valence-electron chi connectivity index (χ1n) is 7.12. The van der Waals surface area contributed by atoms with Crippen molar-refractivity contribution < 1.29 is 9.90 Å². The van der Waals surface area contributed by atoms with E-state index in [9.17, 15) is 4.79 Å². The van der Waals surface area contributed by atoms with Crippen LogP contribution in [0.2, 0.25) is 10.0 Å². The molecule has 1 aromatic rings. The standard InChI is InChI=1S/C15H20Cl2N2O2/c1-10(19-6-4-11(9-20)5-7-19)15(21)18-12-2-3-13(16)14(17)8-12/h2-3,8,10-11,20H,4-7,9H2,1H3,(H,18,21). The van der Waals surface area contributed by atoms with Gasteiger partial charge in [-0.25, -0.2) is 0 Å². The lowest BCUT2D eigenvalue weighted by Gasteiger charge is -2.34. The van der Waals surface area contributed by atoms with Crippen LogP contribution >= 0.6 is 23.2 Å². The molecule has 1 atom stereocenters. The van der Waals surface area contributed by atoms with Gasteiger partial charge in [-0.1, -0.05) is 23.2 Å². The van der Waals surface area contributed by atoms with Crippen molar-refractivity contribution in [1.82, 2.24) is 4.90 Å². The van der Waals surface area contributed by atoms with Crippen LogP contribution in [-0.4, -0.2) is 41.7 Å². The lowest BCUT2D eigenvalue weighted by atomic mass is 9.97. The third-order valence-corrected chi connectivity index (χ3v) is 4.76. The summed E-state index contributed by atoms with van der Waals surface area (Å²) in [5.41, 5.74) is 0.645. The maximum absolute atomic E-state index is 12.3. The van der Waals surface area contributed by atoms with Crippen molar-refractivity contribution in [2.75, 3.05) is 25.0 Å². The molecule has 0 radical (unpaired) electrons. The topological polar surface area (TPSA) is 52.6 Å². The average Bonchev–Trinajstić information content (AvgIpc) is 2.50. The summed E-state index contributed by atoms with van der Waals surface area (Å²) in [6.07, 6.45) is 1.86. The summed E-state index contributed by atoms with van der Waals surface area (Å²) < 4.78 is 0. The number of likely N-dealkylation sites (tertiary alicyclic amines) is 1. The zero-order valence-electron chi connectivity index (χ0n) is 12.0. The fourth-order valence-corrected chi connectivity index (χ4v) is 2.81. The molecule has 1 aliphatic heterocycles. The second kappa shape index (κ2) is 7.45. The van der Waals surface area contributed by atoms with Crippen LogP contribution in [-0.2, 0) is 4.79 Å². The summed E-state index contributed by atoms with van der Waals surface area (Å²) in [5, 5.41) is 12.9. The van der Waals surface area contributed by atoms with Gasteiger partial charge in [-0.05, 0) is 57.0 Å². The minimum Gasteiger partial charge on any atom is -0.396 e. The van der Waals surface area contributed by atoms with E-state index in [2.05, 4.69) is 10.2 Å². The highest BCUT2D eigenvalue weighted by atomic mass is 35.5. The quantitative estimate of drug-likeness (QED) is 0.892. The first kappa shape index (κ1) is 16.6. The maximum atomic E-state index is 12.3. The van der Waals surface area contributed by atoms with Crippen molar-refractivity contribution in [3.05, 3.63) is 28.2 Å². The lowest BCUT2D eigenvalue weighted by molar-refractivity contribution is -0.121. The van der Waals surface area contributed by atoms with E-state index < -0.39 is 0 Å². The van der Waals surface area contributed by atoms with E-state index in [1.165, 1.54) is 0 Å². The van der Waals surface area contributed by atoms with E-state index in [1.807, 2.05) is 6.92 Å². The molecule has 116 valence electrons. The van der Waals surface area contributed by atoms with Gasteiger partial charge < -0.3 is 10.4 Å². The number of nitrogens with one attached hydrogen (secondary N) is 1. The largest absolute Gasteiger partial charge is 0.396 e. The van der Waals surface area contributed by atoms with Gasteiger partial charge in [0, 0.05) is 12.3 Å². The van der Waals surface area contributed by atoms with Crippen LogP contribution in [0.4, 0.5) is 5.69 Å². The SMILES string of the molecule is CC(C(=O)Nc1ccc(Cl)c(Cl)c1)N1CCC(CO)CC1. The van der Waals surface area contributed by atoms with Crippen molar-refractivity contribution in [2.45, 2.75) is 25.8 Å². The number of hydrogen-bond acceptors (Lipinski definition) is 3. The maximum Gasteiger partial charge on any atom is 0.241 e. The van der Waals surface area contributed by atoms with Crippen molar-refractivity contribution >= 4 is 34.8 Å². The van der Waals surface area contributed by atoms with Crippen LogP contribution in [0.3, 0.4) is 0 Å². The molecular formula is C15H20Cl2N2O2. The second-order valence-corrected chi connectivity index (χ2v) is 6.27. The molecule has 1 fully saturated rings. The first-order valence-corrected chi connectivity index (χ1v) is 7.87. The van der Waals surface area contributed by atoms with Crippen molar-refractivity contribution in [3.63, 3.8) is 0 Å². The van der Waals surface area contributed by atoms with Gasteiger partial charge in [0.05, 0.1) is 16.1 Å². The zero-order valence-corrected chi connectivity index (χ0v) is 13.5. The van der Waals surface area contributed by atoms with E-state index in [-0.39, 0.29) is 18.6 Å². The molecule has 1 aliphatic rings. The molecule has 1 unspecified atom stereocenters. The van der Waals surface area contributed by atoms with E-state index >= 15 is 0 Å². The number of piperidine rings is 1. The highest BCUT2D eigenvalue weighted by Crippen LogP contribution is 2.25. The number of rotatable bonds is 4. The van der Waals surface area contributed by atoms with Crippen LogP contribution in [0, 0.1) is 5.92 Å². The average molecular weight is 331 g/mol. The van der Waals surface area contributed by atoms with Crippen LogP contribution in [0.25, 0.3) is 0 Å². The highest BCUT2D eigenvalue weighted by Gasteiger charge is 2.26. The van der Waals surface area contributed by atoms with E-state index in [0.29, 0.717) is 21.7 Å². The number of aliphatic hydroxyl groups is 1. The monoisotopic (exact) mass is 330 g/mol. The van der Waals surface area contributed by atoms with Gasteiger partial charge in [0.2, 0.25) is 5.91 Å². The van der Waals surface area contributed by atoms with Gasteiger partial charge in [0.15, 0.2) is 0 Å². The normalized spacial score (nSPS) is 18.5. The number of carbonyl (C=O) groups is 1. The molecular weight excluding hydrogens is 311 g/mol. The van der Waals surface area contributed by atoms with Gasteiger partial charge in [-0.2, -0.15) is 0 Å². The molecule has 2 rings (SSSR count). The Morgan fingerprint density at radius 2 is 2.05 bits per heavy atom. The second-order valence-electron chi connectivity index (χ2n) is 5.46. The van der Waals surface area contributed by atoms with Gasteiger partial charge >= 0.3 is 0 Å². The first-order chi connectivity index (χ1) is 10.0. The summed E-state index contributed by atoms with van der Waals surface area (Å²) in [4.78, 5) is 14.4. The molecule has 6 heteroatoms. The molecule has 21 heavy (non-hydrogen) atoms. The Morgan fingerprint density at radius 1 is 1.38 bits per heavy atom.